The highest BCUT2D eigenvalue weighted by atomic mass is 16.5. The lowest BCUT2D eigenvalue weighted by molar-refractivity contribution is -0.116. The average Bonchev–Trinajstić information content (AvgIpc) is 2.54. The number of hydrogen-bond donors (Lipinski definition) is 2. The molecule has 0 radical (unpaired) electrons. The molecule has 5 heteroatoms. The van der Waals surface area contributed by atoms with Crippen molar-refractivity contribution >= 4 is 23.2 Å². The monoisotopic (exact) mass is 340 g/mol. The average molecular weight is 340 g/mol. The summed E-state index contributed by atoms with van der Waals surface area (Å²) in [6.45, 7) is 5.66. The highest BCUT2D eigenvalue weighted by Crippen LogP contribution is 2.25. The fourth-order valence-corrected chi connectivity index (χ4v) is 2.55. The molecule has 0 fully saturated rings. The van der Waals surface area contributed by atoms with E-state index in [0.29, 0.717) is 23.0 Å². The van der Waals surface area contributed by atoms with Crippen LogP contribution in [0.25, 0.3) is 0 Å². The van der Waals surface area contributed by atoms with Gasteiger partial charge in [0, 0.05) is 23.9 Å². The van der Waals surface area contributed by atoms with Crippen molar-refractivity contribution in [1.29, 1.82) is 0 Å². The topological polar surface area (TPSA) is 67.4 Å². The Morgan fingerprint density at radius 1 is 1.04 bits per heavy atom. The Hall–Kier alpha value is -2.82. The van der Waals surface area contributed by atoms with Gasteiger partial charge in [-0.3, -0.25) is 9.59 Å². The van der Waals surface area contributed by atoms with Crippen molar-refractivity contribution in [3.05, 3.63) is 53.6 Å². The first kappa shape index (κ1) is 18.5. The summed E-state index contributed by atoms with van der Waals surface area (Å²) in [4.78, 5) is 23.5. The Kier molecular flexibility index (Phi) is 6.17. The molecule has 0 atom stereocenters. The van der Waals surface area contributed by atoms with E-state index in [0.717, 1.165) is 11.1 Å². The zero-order valence-electron chi connectivity index (χ0n) is 15.1. The number of rotatable bonds is 6. The summed E-state index contributed by atoms with van der Waals surface area (Å²) in [7, 11) is 1.60. The molecule has 0 aliphatic heterocycles. The summed E-state index contributed by atoms with van der Waals surface area (Å²) in [5, 5.41) is 5.55. The third kappa shape index (κ3) is 5.35. The molecule has 25 heavy (non-hydrogen) atoms. The van der Waals surface area contributed by atoms with Crippen LogP contribution in [0.15, 0.2) is 42.5 Å². The maximum absolute atomic E-state index is 12.4. The normalized spacial score (nSPS) is 10.4. The molecule has 0 aliphatic rings. The van der Waals surface area contributed by atoms with Crippen LogP contribution in [-0.2, 0) is 16.0 Å². The molecule has 2 rings (SSSR count). The number of hydrogen-bond acceptors (Lipinski definition) is 3. The van der Waals surface area contributed by atoms with Gasteiger partial charge in [0.15, 0.2) is 0 Å². The molecule has 2 amide bonds. The van der Waals surface area contributed by atoms with E-state index in [1.807, 2.05) is 18.2 Å². The Morgan fingerprint density at radius 3 is 2.32 bits per heavy atom. The minimum Gasteiger partial charge on any atom is -0.496 e. The van der Waals surface area contributed by atoms with Crippen molar-refractivity contribution in [1.82, 2.24) is 0 Å². The number of amides is 2. The molecule has 0 heterocycles. The summed E-state index contributed by atoms with van der Waals surface area (Å²) in [5.41, 5.74) is 3.29. The number of methoxy groups -OCH3 is 1. The van der Waals surface area contributed by atoms with Gasteiger partial charge in [0.05, 0.1) is 13.5 Å². The molecular weight excluding hydrogens is 316 g/mol. The van der Waals surface area contributed by atoms with Crippen LogP contribution in [0, 0.1) is 0 Å². The van der Waals surface area contributed by atoms with Crippen LogP contribution >= 0.6 is 0 Å². The third-order valence-electron chi connectivity index (χ3n) is 3.79. The van der Waals surface area contributed by atoms with Gasteiger partial charge < -0.3 is 15.4 Å². The largest absolute Gasteiger partial charge is 0.496 e. The molecule has 0 spiro atoms. The maximum atomic E-state index is 12.4. The van der Waals surface area contributed by atoms with Crippen LogP contribution in [0.3, 0.4) is 0 Å². The van der Waals surface area contributed by atoms with Crippen molar-refractivity contribution < 1.29 is 14.3 Å². The van der Waals surface area contributed by atoms with Gasteiger partial charge in [0.1, 0.15) is 5.75 Å². The fraction of sp³-hybridized carbons (Fsp3) is 0.300. The number of ether oxygens (including phenoxy) is 1. The second-order valence-electron chi connectivity index (χ2n) is 6.21. The number of carbonyl (C=O) groups is 2. The molecule has 0 aromatic heterocycles. The van der Waals surface area contributed by atoms with Gasteiger partial charge in [-0.2, -0.15) is 0 Å². The third-order valence-corrected chi connectivity index (χ3v) is 3.79. The van der Waals surface area contributed by atoms with Crippen LogP contribution in [-0.4, -0.2) is 18.9 Å². The van der Waals surface area contributed by atoms with E-state index in [1.165, 1.54) is 6.92 Å². The Balaban J connectivity index is 2.12. The lowest BCUT2D eigenvalue weighted by Crippen LogP contribution is -2.15. The number of benzene rings is 2. The minimum absolute atomic E-state index is 0.140. The molecule has 0 saturated carbocycles. The summed E-state index contributed by atoms with van der Waals surface area (Å²) in [6.07, 6.45) is 0.216. The van der Waals surface area contributed by atoms with Crippen molar-refractivity contribution in [3.8, 4) is 5.75 Å². The zero-order chi connectivity index (χ0) is 18.4. The van der Waals surface area contributed by atoms with Gasteiger partial charge in [-0.15, -0.1) is 0 Å². The van der Waals surface area contributed by atoms with E-state index in [4.69, 9.17) is 4.74 Å². The molecule has 2 aromatic rings. The van der Waals surface area contributed by atoms with E-state index in [-0.39, 0.29) is 18.2 Å². The van der Waals surface area contributed by atoms with Gasteiger partial charge in [0.25, 0.3) is 0 Å². The van der Waals surface area contributed by atoms with Crippen molar-refractivity contribution in [2.75, 3.05) is 17.7 Å². The molecule has 0 aliphatic carbocycles. The second kappa shape index (κ2) is 8.33. The van der Waals surface area contributed by atoms with Crippen molar-refractivity contribution in [2.24, 2.45) is 0 Å². The van der Waals surface area contributed by atoms with Crippen LogP contribution in [0.1, 0.15) is 37.8 Å². The van der Waals surface area contributed by atoms with E-state index >= 15 is 0 Å². The summed E-state index contributed by atoms with van der Waals surface area (Å²) >= 11 is 0. The number of nitrogens with one attached hydrogen (secondary N) is 2. The first-order chi connectivity index (χ1) is 11.9. The molecule has 0 bridgehead atoms. The van der Waals surface area contributed by atoms with Crippen LogP contribution in [0.5, 0.6) is 5.75 Å². The van der Waals surface area contributed by atoms with Gasteiger partial charge in [-0.25, -0.2) is 0 Å². The van der Waals surface area contributed by atoms with Gasteiger partial charge in [-0.05, 0) is 35.7 Å². The SMILES string of the molecule is COc1ccc(C(C)C)cc1CC(=O)Nc1cccc(NC(C)=O)c1. The molecule has 0 unspecified atom stereocenters. The predicted molar refractivity (Wildman–Crippen MR) is 100 cm³/mol. The number of anilines is 2. The van der Waals surface area contributed by atoms with Gasteiger partial charge in [-0.1, -0.05) is 32.0 Å². The summed E-state index contributed by atoms with van der Waals surface area (Å²) < 4.78 is 5.37. The number of carbonyl (C=O) groups excluding carboxylic acids is 2. The molecule has 2 N–H and O–H groups in total. The lowest BCUT2D eigenvalue weighted by atomic mass is 9.98. The lowest BCUT2D eigenvalue weighted by Gasteiger charge is -2.13. The van der Waals surface area contributed by atoms with E-state index in [1.54, 1.807) is 31.4 Å². The Labute approximate surface area is 148 Å². The van der Waals surface area contributed by atoms with Crippen LogP contribution in [0.2, 0.25) is 0 Å². The first-order valence-corrected chi connectivity index (χ1v) is 8.23. The van der Waals surface area contributed by atoms with Crippen molar-refractivity contribution in [2.45, 2.75) is 33.1 Å². The van der Waals surface area contributed by atoms with E-state index in [2.05, 4.69) is 24.5 Å². The van der Waals surface area contributed by atoms with Gasteiger partial charge >= 0.3 is 0 Å². The van der Waals surface area contributed by atoms with Crippen LogP contribution < -0.4 is 15.4 Å². The van der Waals surface area contributed by atoms with Crippen LogP contribution in [0.4, 0.5) is 11.4 Å². The molecule has 132 valence electrons. The first-order valence-electron chi connectivity index (χ1n) is 8.23. The second-order valence-corrected chi connectivity index (χ2v) is 6.21. The predicted octanol–water partition coefficient (Wildman–Crippen LogP) is 3.96. The molecule has 5 nitrogen and oxygen atoms in total. The highest BCUT2D eigenvalue weighted by Gasteiger charge is 2.12. The van der Waals surface area contributed by atoms with E-state index in [9.17, 15) is 9.59 Å². The summed E-state index contributed by atoms with van der Waals surface area (Å²) in [6, 6.07) is 13.0. The minimum atomic E-state index is -0.154. The van der Waals surface area contributed by atoms with Crippen molar-refractivity contribution in [3.63, 3.8) is 0 Å². The highest BCUT2D eigenvalue weighted by molar-refractivity contribution is 5.94. The zero-order valence-corrected chi connectivity index (χ0v) is 15.1. The van der Waals surface area contributed by atoms with Gasteiger partial charge in [0.2, 0.25) is 11.8 Å². The Morgan fingerprint density at radius 2 is 1.72 bits per heavy atom. The molecular formula is C20H24N2O3. The maximum Gasteiger partial charge on any atom is 0.228 e. The summed E-state index contributed by atoms with van der Waals surface area (Å²) in [5.74, 6) is 0.784. The van der Waals surface area contributed by atoms with E-state index < -0.39 is 0 Å². The smallest absolute Gasteiger partial charge is 0.228 e. The standard InChI is InChI=1S/C20H24N2O3/c1-13(2)15-8-9-19(25-4)16(10-15)11-20(24)22-18-7-5-6-17(12-18)21-14(3)23/h5-10,12-13H,11H2,1-4H3,(H,21,23)(H,22,24). The quantitative estimate of drug-likeness (QED) is 0.836. The molecule has 2 aromatic carbocycles. The molecule has 0 saturated heterocycles. The Bertz CT molecular complexity index is 769. The fourth-order valence-electron chi connectivity index (χ4n) is 2.55.